The number of aromatic nitrogens is 5. The molecule has 3 aromatic heterocycles. The van der Waals surface area contributed by atoms with Crippen LogP contribution >= 0.6 is 0 Å². The molecular weight excluding hydrogens is 869 g/mol. The Bertz CT molecular complexity index is 2890. The van der Waals surface area contributed by atoms with E-state index >= 15 is 0 Å². The van der Waals surface area contributed by atoms with Crippen molar-refractivity contribution in [3.8, 4) is 29.0 Å². The molecule has 2 fully saturated rings. The monoisotopic (exact) mass is 922 g/mol. The molecule has 352 valence electrons. The molecule has 19 heteroatoms. The summed E-state index contributed by atoms with van der Waals surface area (Å²) in [7, 11) is 1.84. The number of anilines is 1. The van der Waals surface area contributed by atoms with Crippen molar-refractivity contribution in [3.63, 3.8) is 0 Å². The molecule has 4 N–H and O–H groups in total. The molecule has 2 bridgehead atoms. The Kier molecular flexibility index (Phi) is 13.4. The number of rotatable bonds is 9. The van der Waals surface area contributed by atoms with Gasteiger partial charge in [0.25, 0.3) is 17.7 Å². The number of ether oxygens (including phenoxy) is 1. The molecule has 6 amide bonds. The van der Waals surface area contributed by atoms with Crippen LogP contribution in [0.2, 0.25) is 0 Å². The van der Waals surface area contributed by atoms with Crippen LogP contribution in [0.1, 0.15) is 80.5 Å². The van der Waals surface area contributed by atoms with Crippen molar-refractivity contribution >= 4 is 52.4 Å². The first kappa shape index (κ1) is 45.9. The molecular formula is C49H54N12O7. The number of benzene rings is 2. The van der Waals surface area contributed by atoms with Gasteiger partial charge in [0.05, 0.1) is 59.3 Å². The summed E-state index contributed by atoms with van der Waals surface area (Å²) in [6, 6.07) is 13.6. The third kappa shape index (κ3) is 9.74. The van der Waals surface area contributed by atoms with E-state index in [-0.39, 0.29) is 48.2 Å². The van der Waals surface area contributed by atoms with Gasteiger partial charge in [-0.05, 0) is 74.1 Å². The number of fused-ring (bicyclic) bond motifs is 8. The Hall–Kier alpha value is -7.27. The molecule has 4 aliphatic heterocycles. The van der Waals surface area contributed by atoms with E-state index in [1.165, 1.54) is 6.07 Å². The summed E-state index contributed by atoms with van der Waals surface area (Å²) in [6.45, 7) is 10.3. The van der Waals surface area contributed by atoms with E-state index in [0.717, 1.165) is 53.0 Å². The number of piperazine rings is 1. The number of aryl methyl sites for hydroxylation is 2. The standard InChI is InChI=1S/C49H54N12O7/c1-30-7-6-22-68-48-36(26-52-57(48)3)38-25-34(23-31(2)53-38)44(64)56-49-54-37-12-11-32(24-40(37)60(49)28-30)29-58-18-20-59(21-19-58)42(63)27-51-17-16-50-15-5-9-33-8-4-10-35-43(33)47(67)61(46(35)66)39-13-14-41(62)55-45(39)65/h4,8,10-12,23-26,30,39,50-51H,6-7,13-22,27-29H2,1-3H3,(H,54,56,64)(H,55,62,65)/t30-,39?/m1/s1. The molecule has 0 radical (unpaired) electrons. The van der Waals surface area contributed by atoms with Gasteiger partial charge in [0.1, 0.15) is 6.04 Å². The van der Waals surface area contributed by atoms with Crippen molar-refractivity contribution in [1.82, 2.24) is 55.0 Å². The highest BCUT2D eigenvalue weighted by atomic mass is 16.5. The first-order valence-electron chi connectivity index (χ1n) is 23.1. The second kappa shape index (κ2) is 19.9. The zero-order valence-electron chi connectivity index (χ0n) is 38.4. The van der Waals surface area contributed by atoms with Gasteiger partial charge in [-0.3, -0.25) is 54.2 Å². The van der Waals surface area contributed by atoms with E-state index in [0.29, 0.717) is 86.8 Å². The van der Waals surface area contributed by atoms with Crippen LogP contribution in [0.5, 0.6) is 5.88 Å². The van der Waals surface area contributed by atoms with Crippen LogP contribution in [0.15, 0.2) is 54.7 Å². The molecule has 5 aromatic rings. The summed E-state index contributed by atoms with van der Waals surface area (Å²) in [6.07, 6.45) is 3.59. The van der Waals surface area contributed by atoms with Crippen LogP contribution in [-0.2, 0) is 34.5 Å². The molecule has 2 atom stereocenters. The van der Waals surface area contributed by atoms with Gasteiger partial charge in [-0.15, -0.1) is 0 Å². The van der Waals surface area contributed by atoms with Crippen molar-refractivity contribution in [3.05, 3.63) is 88.2 Å². The molecule has 0 saturated carbocycles. The van der Waals surface area contributed by atoms with E-state index < -0.39 is 29.7 Å². The maximum absolute atomic E-state index is 13.8. The number of imide groups is 2. The first-order valence-corrected chi connectivity index (χ1v) is 23.1. The fraction of sp³-hybridized carbons (Fsp3) is 0.408. The smallest absolute Gasteiger partial charge is 0.263 e. The molecule has 2 saturated heterocycles. The van der Waals surface area contributed by atoms with Crippen molar-refractivity contribution in [2.75, 3.05) is 64.3 Å². The topological polar surface area (TPSA) is 218 Å². The highest BCUT2D eigenvalue weighted by Crippen LogP contribution is 2.32. The second-order valence-electron chi connectivity index (χ2n) is 17.8. The maximum Gasteiger partial charge on any atom is 0.263 e. The van der Waals surface area contributed by atoms with Crippen molar-refractivity contribution in [2.24, 2.45) is 13.0 Å². The average molecular weight is 923 g/mol. The Morgan fingerprint density at radius 2 is 1.75 bits per heavy atom. The SMILES string of the molecule is Cc1cc2cc(n1)-c1cnn(C)c1OCCC[C@@H](C)Cn1c(nc3ccc(CN4CCN(C(=O)CNCCNCC#Cc5cccc6c5C(=O)N(C5CCC(=O)NC5=O)C6=O)CC4)cc31)NC2=O. The number of nitrogens with one attached hydrogen (secondary N) is 4. The van der Waals surface area contributed by atoms with E-state index in [9.17, 15) is 28.8 Å². The zero-order valence-corrected chi connectivity index (χ0v) is 38.4. The quantitative estimate of drug-likeness (QED) is 0.0951. The Morgan fingerprint density at radius 3 is 2.57 bits per heavy atom. The number of imidazole rings is 1. The Morgan fingerprint density at radius 1 is 0.926 bits per heavy atom. The molecule has 0 spiro atoms. The van der Waals surface area contributed by atoms with Crippen LogP contribution in [0.25, 0.3) is 22.3 Å². The Labute approximate surface area is 393 Å². The first-order chi connectivity index (χ1) is 32.9. The number of hydrogen-bond donors (Lipinski definition) is 4. The van der Waals surface area contributed by atoms with Gasteiger partial charge in [0, 0.05) is 82.6 Å². The summed E-state index contributed by atoms with van der Waals surface area (Å²) >= 11 is 0. The lowest BCUT2D eigenvalue weighted by Crippen LogP contribution is -2.54. The number of amides is 6. The van der Waals surface area contributed by atoms with Gasteiger partial charge in [-0.1, -0.05) is 30.9 Å². The highest BCUT2D eigenvalue weighted by molar-refractivity contribution is 6.24. The van der Waals surface area contributed by atoms with E-state index in [1.807, 2.05) is 24.9 Å². The molecule has 68 heavy (non-hydrogen) atoms. The third-order valence-corrected chi connectivity index (χ3v) is 12.8. The largest absolute Gasteiger partial charge is 0.477 e. The summed E-state index contributed by atoms with van der Waals surface area (Å²) in [5, 5.41) is 16.1. The molecule has 1 unspecified atom stereocenters. The summed E-state index contributed by atoms with van der Waals surface area (Å²) in [4.78, 5) is 92.2. The minimum Gasteiger partial charge on any atom is -0.477 e. The lowest BCUT2D eigenvalue weighted by Gasteiger charge is -2.35. The average Bonchev–Trinajstić information content (AvgIpc) is 3.94. The fourth-order valence-corrected chi connectivity index (χ4v) is 9.24. The molecule has 4 aliphatic rings. The highest BCUT2D eigenvalue weighted by Gasteiger charge is 2.45. The van der Waals surface area contributed by atoms with Crippen LogP contribution in [0.4, 0.5) is 5.95 Å². The minimum atomic E-state index is -1.04. The van der Waals surface area contributed by atoms with Crippen molar-refractivity contribution in [2.45, 2.75) is 58.7 Å². The van der Waals surface area contributed by atoms with E-state index in [2.05, 4.69) is 66.7 Å². The summed E-state index contributed by atoms with van der Waals surface area (Å²) in [5.74, 6) is 4.86. The maximum atomic E-state index is 13.8. The molecule has 2 aromatic carbocycles. The van der Waals surface area contributed by atoms with Crippen molar-refractivity contribution in [1.29, 1.82) is 0 Å². The normalized spacial score (nSPS) is 19.0. The number of carbonyl (C=O) groups excluding carboxylic acids is 6. The van der Waals surface area contributed by atoms with Crippen LogP contribution < -0.4 is 26.0 Å². The Balaban J connectivity index is 0.748. The summed E-state index contributed by atoms with van der Waals surface area (Å²) in [5.41, 5.74) is 6.12. The second-order valence-corrected chi connectivity index (χ2v) is 17.8. The molecule has 0 aliphatic carbocycles. The number of carbonyl (C=O) groups is 6. The number of nitrogens with zero attached hydrogens (tertiary/aromatic N) is 8. The number of pyridine rings is 1. The minimum absolute atomic E-state index is 0.0369. The van der Waals surface area contributed by atoms with Gasteiger partial charge < -0.3 is 24.8 Å². The zero-order chi connectivity index (χ0) is 47.5. The van der Waals surface area contributed by atoms with E-state index in [1.54, 1.807) is 35.1 Å². The lowest BCUT2D eigenvalue weighted by atomic mass is 10.0. The van der Waals surface area contributed by atoms with Crippen LogP contribution in [0.3, 0.4) is 0 Å². The van der Waals surface area contributed by atoms with E-state index in [4.69, 9.17) is 14.7 Å². The number of piperidine rings is 1. The molecule has 7 heterocycles. The predicted molar refractivity (Wildman–Crippen MR) is 250 cm³/mol. The van der Waals surface area contributed by atoms with Gasteiger partial charge >= 0.3 is 0 Å². The van der Waals surface area contributed by atoms with Gasteiger partial charge in [-0.25, -0.2) is 9.67 Å². The molecule has 19 nitrogen and oxygen atoms in total. The summed E-state index contributed by atoms with van der Waals surface area (Å²) < 4.78 is 10.1. The lowest BCUT2D eigenvalue weighted by molar-refractivity contribution is -0.136. The molecule has 9 rings (SSSR count). The predicted octanol–water partition coefficient (Wildman–Crippen LogP) is 2.48. The fourth-order valence-electron chi connectivity index (χ4n) is 9.24. The third-order valence-electron chi connectivity index (χ3n) is 12.8. The van der Waals surface area contributed by atoms with Gasteiger partial charge in [0.15, 0.2) is 0 Å². The van der Waals surface area contributed by atoms with Gasteiger partial charge in [-0.2, -0.15) is 5.10 Å². The van der Waals surface area contributed by atoms with Crippen LogP contribution in [0, 0.1) is 24.7 Å². The van der Waals surface area contributed by atoms with Crippen molar-refractivity contribution < 1.29 is 33.5 Å². The number of hydrogen-bond acceptors (Lipinski definition) is 13. The van der Waals surface area contributed by atoms with Gasteiger partial charge in [0.2, 0.25) is 29.5 Å². The van der Waals surface area contributed by atoms with Crippen LogP contribution in [-0.4, -0.2) is 139 Å².